The van der Waals surface area contributed by atoms with Crippen molar-refractivity contribution in [2.24, 2.45) is 0 Å². The predicted molar refractivity (Wildman–Crippen MR) is 144 cm³/mol. The van der Waals surface area contributed by atoms with E-state index in [0.29, 0.717) is 5.56 Å². The summed E-state index contributed by atoms with van der Waals surface area (Å²) >= 11 is 0. The molecule has 1 saturated heterocycles. The predicted octanol–water partition coefficient (Wildman–Crippen LogP) is 3.75. The van der Waals surface area contributed by atoms with Crippen LogP contribution in [0.3, 0.4) is 0 Å². The number of anilines is 1. The lowest BCUT2D eigenvalue weighted by Gasteiger charge is -2.42. The average Bonchev–Trinajstić information content (AvgIpc) is 3.48. The average molecular weight is 611 g/mol. The molecule has 1 aromatic carbocycles. The third-order valence-electron chi connectivity index (χ3n) is 8.54. The molecule has 3 fully saturated rings. The van der Waals surface area contributed by atoms with Crippen LogP contribution in [0.2, 0.25) is 0 Å². The van der Waals surface area contributed by atoms with E-state index in [1.807, 2.05) is 0 Å². The lowest BCUT2D eigenvalue weighted by atomic mass is 9.85. The number of nitrogens with zero attached hydrogens (tertiary/aromatic N) is 4. The number of methoxy groups -OCH3 is 1. The van der Waals surface area contributed by atoms with Crippen LogP contribution in [0, 0.1) is 17.3 Å². The molecule has 2 heterocycles. The Morgan fingerprint density at radius 2 is 1.88 bits per heavy atom. The van der Waals surface area contributed by atoms with E-state index >= 15 is 17.6 Å². The molecule has 0 aromatic heterocycles. The molecule has 2 aliphatic carbocycles. The smallest absolute Gasteiger partial charge is 0.379 e. The second-order valence-corrected chi connectivity index (χ2v) is 11.4. The normalized spacial score (nSPS) is 24.8. The first kappa shape index (κ1) is 30.6. The van der Waals surface area contributed by atoms with Crippen molar-refractivity contribution in [3.05, 3.63) is 41.7 Å². The number of benzene rings is 1. The monoisotopic (exact) mass is 610 g/mol. The molecule has 4 aliphatic rings. The molecule has 230 valence electrons. The number of rotatable bonds is 8. The van der Waals surface area contributed by atoms with E-state index in [2.05, 4.69) is 9.98 Å². The Kier molecular flexibility index (Phi) is 8.09. The van der Waals surface area contributed by atoms with Gasteiger partial charge < -0.3 is 10.1 Å². The first-order valence-electron chi connectivity index (χ1n) is 14.0. The molecule has 2 saturated carbocycles. The molecule has 0 spiro atoms. The number of carbonyl (C=O) groups excluding carboxylic acids is 2. The topological polar surface area (TPSA) is 99.8 Å². The Labute approximate surface area is 243 Å². The maximum Gasteiger partial charge on any atom is 0.433 e. The molecule has 2 amide bonds. The van der Waals surface area contributed by atoms with Crippen LogP contribution in [0.25, 0.3) is 0 Å². The van der Waals surface area contributed by atoms with Gasteiger partial charge >= 0.3 is 17.4 Å². The number of alkyl halides is 5. The highest BCUT2D eigenvalue weighted by Gasteiger charge is 2.74. The van der Waals surface area contributed by atoms with Gasteiger partial charge in [-0.2, -0.15) is 18.4 Å². The van der Waals surface area contributed by atoms with Crippen LogP contribution in [-0.2, 0) is 14.3 Å². The minimum Gasteiger partial charge on any atom is -0.379 e. The van der Waals surface area contributed by atoms with E-state index in [4.69, 9.17) is 4.74 Å². The molecule has 0 radical (unpaired) electrons. The highest BCUT2D eigenvalue weighted by atomic mass is 19.4. The molecule has 8 nitrogen and oxygen atoms in total. The van der Waals surface area contributed by atoms with Gasteiger partial charge in [-0.25, -0.2) is 13.2 Å². The Hall–Kier alpha value is -3.82. The number of carbonyl (C=O) groups is 2. The van der Waals surface area contributed by atoms with E-state index < -0.39 is 77.7 Å². The van der Waals surface area contributed by atoms with E-state index in [0.717, 1.165) is 48.2 Å². The van der Waals surface area contributed by atoms with E-state index in [-0.39, 0.29) is 36.6 Å². The van der Waals surface area contributed by atoms with Crippen LogP contribution in [0.15, 0.2) is 30.4 Å². The number of likely N-dealkylation sites (tertiary alicyclic amines) is 1. The van der Waals surface area contributed by atoms with Crippen LogP contribution in [0.1, 0.15) is 56.4 Å². The van der Waals surface area contributed by atoms with Gasteiger partial charge in [0.05, 0.1) is 18.3 Å². The van der Waals surface area contributed by atoms with Crippen molar-refractivity contribution in [1.29, 1.82) is 5.26 Å². The highest BCUT2D eigenvalue weighted by molar-refractivity contribution is 6.27. The first-order chi connectivity index (χ1) is 20.3. The largest absolute Gasteiger partial charge is 0.433 e. The summed E-state index contributed by atoms with van der Waals surface area (Å²) in [5, 5.41) is 12.0. The number of halogens is 6. The van der Waals surface area contributed by atoms with E-state index in [1.54, 1.807) is 6.19 Å². The van der Waals surface area contributed by atoms with Gasteiger partial charge in [-0.3, -0.25) is 19.4 Å². The number of nitrogens with one attached hydrogen (secondary N) is 1. The Balaban J connectivity index is 1.69. The molecule has 5 rings (SSSR count). The third-order valence-corrected chi connectivity index (χ3v) is 8.54. The minimum absolute atomic E-state index is 0.0240. The van der Waals surface area contributed by atoms with Crippen LogP contribution < -0.4 is 14.9 Å². The van der Waals surface area contributed by atoms with E-state index in [9.17, 15) is 23.6 Å². The Bertz CT molecular complexity index is 1420. The minimum atomic E-state index is -5.59. The van der Waals surface area contributed by atoms with Gasteiger partial charge in [0.1, 0.15) is 11.9 Å². The Morgan fingerprint density at radius 3 is 2.42 bits per heavy atom. The number of amides is 2. The number of nitriles is 1. The molecule has 14 heteroatoms. The standard InChI is InChI=1S/C29H29F6N5O3/c1-43-20-14-23(39(15-20)16-36)25(41)40(22-7-6-18(13-21(22)30)17-4-5-17)28(29(33,34)35,24-3-2-12-37-24)26(42)38-19-8-10-27(31,32)11-9-19/h2-3,6-7,12-13,17,19-20,23H,4-5,8-11,14-15H2,1H3/p+1. The fourth-order valence-corrected chi connectivity index (χ4v) is 6.02. The number of allylic oxidation sites excluding steroid dienone is 1. The summed E-state index contributed by atoms with van der Waals surface area (Å²) in [6.45, 7) is -0.115. The van der Waals surface area contributed by atoms with Crippen LogP contribution >= 0.6 is 0 Å². The SMILES string of the molecule is COC1CC(C(=O)N(c2ccc(C3CC3)cc2F)C(C(=O)NC2CCC(F)(F)CC2)(C2=[N+]=CC=C2)C(F)(F)F)N(C#N)C1. The second kappa shape index (κ2) is 11.4. The van der Waals surface area contributed by atoms with Crippen molar-refractivity contribution in [1.82, 2.24) is 14.9 Å². The van der Waals surface area contributed by atoms with E-state index in [1.165, 1.54) is 13.2 Å². The molecule has 1 N–H and O–H groups in total. The molecular formula is C29H30F6N5O3+. The first-order valence-corrected chi connectivity index (χ1v) is 14.0. The van der Waals surface area contributed by atoms with Crippen molar-refractivity contribution in [3.8, 4) is 6.19 Å². The molecular weight excluding hydrogens is 580 g/mol. The number of ether oxygens (including phenoxy) is 1. The van der Waals surface area contributed by atoms with Crippen molar-refractivity contribution in [3.63, 3.8) is 0 Å². The maximum absolute atomic E-state index is 15.9. The van der Waals surface area contributed by atoms with Crippen LogP contribution in [0.5, 0.6) is 0 Å². The third kappa shape index (κ3) is 5.63. The van der Waals surface area contributed by atoms with Gasteiger partial charge in [-0.15, -0.1) is 0 Å². The van der Waals surface area contributed by atoms with Gasteiger partial charge in [0.15, 0.2) is 6.19 Å². The lowest BCUT2D eigenvalue weighted by Crippen LogP contribution is -2.75. The van der Waals surface area contributed by atoms with Crippen molar-refractivity contribution in [2.75, 3.05) is 18.6 Å². The molecule has 43 heavy (non-hydrogen) atoms. The Morgan fingerprint density at radius 1 is 1.19 bits per heavy atom. The maximum atomic E-state index is 15.9. The fraction of sp³-hybridized carbons (Fsp3) is 0.552. The summed E-state index contributed by atoms with van der Waals surface area (Å²) in [7, 11) is 1.32. The summed E-state index contributed by atoms with van der Waals surface area (Å²) in [6.07, 6.45) is -2.06. The second-order valence-electron chi connectivity index (χ2n) is 11.4. The molecule has 3 unspecified atom stereocenters. The fourth-order valence-electron chi connectivity index (χ4n) is 6.02. The van der Waals surface area contributed by atoms with Crippen LogP contribution in [-0.4, -0.2) is 78.1 Å². The molecule has 0 bridgehead atoms. The molecule has 3 atom stereocenters. The number of hydrogen-bond donors (Lipinski definition) is 1. The lowest BCUT2D eigenvalue weighted by molar-refractivity contribution is -0.180. The zero-order valence-electron chi connectivity index (χ0n) is 23.2. The summed E-state index contributed by atoms with van der Waals surface area (Å²) < 4.78 is 99.6. The van der Waals surface area contributed by atoms with Crippen LogP contribution in [0.4, 0.5) is 32.0 Å². The van der Waals surface area contributed by atoms with Crippen molar-refractivity contribution in [2.45, 2.75) is 86.7 Å². The summed E-state index contributed by atoms with van der Waals surface area (Å²) in [5.74, 6) is -7.31. The van der Waals surface area contributed by atoms with Crippen molar-refractivity contribution < 1.29 is 40.7 Å². The van der Waals surface area contributed by atoms with Gasteiger partial charge in [-0.1, -0.05) is 10.7 Å². The summed E-state index contributed by atoms with van der Waals surface area (Å²) in [4.78, 5) is 29.4. The molecule has 1 aromatic rings. The van der Waals surface area contributed by atoms with Gasteiger partial charge in [0.2, 0.25) is 5.92 Å². The molecule has 2 aliphatic heterocycles. The van der Waals surface area contributed by atoms with Gasteiger partial charge in [0, 0.05) is 44.6 Å². The highest BCUT2D eigenvalue weighted by Crippen LogP contribution is 2.45. The summed E-state index contributed by atoms with van der Waals surface area (Å²) in [6, 6.07) is 0.880. The van der Waals surface area contributed by atoms with Gasteiger partial charge in [-0.05, 0) is 49.3 Å². The quantitative estimate of drug-likeness (QED) is 0.275. The zero-order valence-corrected chi connectivity index (χ0v) is 23.2. The number of hydrogen-bond acceptors (Lipinski definition) is 5. The zero-order chi connectivity index (χ0) is 31.2. The van der Waals surface area contributed by atoms with Crippen molar-refractivity contribution >= 4 is 29.4 Å². The summed E-state index contributed by atoms with van der Waals surface area (Å²) in [5.41, 5.74) is -5.13. The van der Waals surface area contributed by atoms with Gasteiger partial charge in [0.25, 0.3) is 18.0 Å².